The molecule has 0 aliphatic rings. The summed E-state index contributed by atoms with van der Waals surface area (Å²) in [6.07, 6.45) is -4.19. The van der Waals surface area contributed by atoms with Gasteiger partial charge in [0.1, 0.15) is 0 Å². The van der Waals surface area contributed by atoms with Crippen molar-refractivity contribution in [1.82, 2.24) is 0 Å². The molecule has 0 saturated carbocycles. The van der Waals surface area contributed by atoms with E-state index in [-0.39, 0.29) is 12.5 Å². The summed E-state index contributed by atoms with van der Waals surface area (Å²) >= 11 is 0. The van der Waals surface area contributed by atoms with Crippen LogP contribution < -0.4 is 0 Å². The van der Waals surface area contributed by atoms with Crippen LogP contribution in [0.3, 0.4) is 0 Å². The summed E-state index contributed by atoms with van der Waals surface area (Å²) < 4.78 is 42.2. The Hall–Kier alpha value is -1.95. The van der Waals surface area contributed by atoms with Gasteiger partial charge in [-0.2, -0.15) is 18.0 Å². The number of alkyl halides is 3. The fourth-order valence-corrected chi connectivity index (χ4v) is 1.18. The number of carbonyl (C=O) groups excluding carboxylic acids is 2. The van der Waals surface area contributed by atoms with Crippen molar-refractivity contribution < 1.29 is 32.3 Å². The Labute approximate surface area is 107 Å². The molecule has 0 aliphatic heterocycles. The third-order valence-electron chi connectivity index (χ3n) is 2.15. The zero-order valence-electron chi connectivity index (χ0n) is 10.5. The number of carbonyl (C=O) groups is 2. The number of allylic oxidation sites excluding steroid dienone is 1. The summed E-state index contributed by atoms with van der Waals surface area (Å²) in [6, 6.07) is 0. The summed E-state index contributed by atoms with van der Waals surface area (Å²) in [6.45, 7) is 1.75. The molecule has 0 aromatic carbocycles. The van der Waals surface area contributed by atoms with Crippen LogP contribution in [0.25, 0.3) is 5.53 Å². The van der Waals surface area contributed by atoms with E-state index in [0.717, 1.165) is 7.11 Å². The van der Waals surface area contributed by atoms with Gasteiger partial charge < -0.3 is 10.3 Å². The summed E-state index contributed by atoms with van der Waals surface area (Å²) in [7, 11) is 0.890. The lowest BCUT2D eigenvalue weighted by Crippen LogP contribution is -2.28. The number of Topliss-reactive ketones (excluding diaryl/α,β-unsaturated/α-hetero) is 1. The second-order valence-corrected chi connectivity index (χ2v) is 3.55. The van der Waals surface area contributed by atoms with Crippen LogP contribution >= 0.6 is 0 Å². The van der Waals surface area contributed by atoms with E-state index in [1.807, 2.05) is 0 Å². The van der Waals surface area contributed by atoms with Crippen molar-refractivity contribution in [1.29, 1.82) is 0 Å². The quantitative estimate of drug-likeness (QED) is 0.245. The van der Waals surface area contributed by atoms with Crippen LogP contribution in [-0.2, 0) is 14.3 Å². The number of nitrogens with zero attached hydrogens (tertiary/aromatic N) is 2. The predicted molar refractivity (Wildman–Crippen MR) is 59.3 cm³/mol. The molecule has 0 heterocycles. The smallest absolute Gasteiger partial charge is 0.424 e. The molecule has 0 radical (unpaired) electrons. The molecular weight excluding hydrogens is 265 g/mol. The largest absolute Gasteiger partial charge is 0.466 e. The van der Waals surface area contributed by atoms with E-state index in [0.29, 0.717) is 12.8 Å². The van der Waals surface area contributed by atoms with Crippen LogP contribution in [0.4, 0.5) is 13.2 Å². The molecule has 8 heteroatoms. The number of methoxy groups -OCH3 is 1. The summed E-state index contributed by atoms with van der Waals surface area (Å²) in [4.78, 5) is 24.8. The lowest BCUT2D eigenvalue weighted by molar-refractivity contribution is -0.136. The van der Waals surface area contributed by atoms with Gasteiger partial charge in [-0.15, -0.1) is 0 Å². The molecule has 0 spiro atoms. The molecule has 0 aromatic rings. The van der Waals surface area contributed by atoms with Crippen LogP contribution in [0, 0.1) is 0 Å². The monoisotopic (exact) mass is 278 g/mol. The molecular formula is C11H13F3N2O3. The summed E-state index contributed by atoms with van der Waals surface area (Å²) in [5.41, 5.74) is 5.78. The number of ether oxygens (including phenoxy) is 1. The van der Waals surface area contributed by atoms with Gasteiger partial charge in [-0.05, 0) is 6.42 Å². The number of unbranched alkanes of at least 4 members (excludes halogenated alkanes) is 1. The van der Waals surface area contributed by atoms with Crippen molar-refractivity contribution in [3.05, 3.63) is 17.2 Å². The second-order valence-electron chi connectivity index (χ2n) is 3.55. The zero-order chi connectivity index (χ0) is 15.1. The minimum Gasteiger partial charge on any atom is -0.466 e. The lowest BCUT2D eigenvalue weighted by atomic mass is 10.0. The average Bonchev–Trinajstić information content (AvgIpc) is 2.34. The third kappa shape index (κ3) is 5.48. The molecule has 0 fully saturated rings. The first-order valence-corrected chi connectivity index (χ1v) is 5.40. The number of esters is 1. The van der Waals surface area contributed by atoms with Gasteiger partial charge in [0, 0.05) is 12.5 Å². The molecule has 0 amide bonds. The zero-order valence-corrected chi connectivity index (χ0v) is 10.5. The topological polar surface area (TPSA) is 79.8 Å². The Balaban J connectivity index is 5.48. The van der Waals surface area contributed by atoms with Crippen molar-refractivity contribution in [2.45, 2.75) is 32.4 Å². The van der Waals surface area contributed by atoms with Gasteiger partial charge in [-0.1, -0.05) is 13.3 Å². The molecule has 5 nitrogen and oxygen atoms in total. The number of rotatable bonds is 6. The molecule has 0 rings (SSSR count). The van der Waals surface area contributed by atoms with Crippen molar-refractivity contribution >= 4 is 17.5 Å². The Morgan fingerprint density at radius 3 is 2.32 bits per heavy atom. The fourth-order valence-electron chi connectivity index (χ4n) is 1.18. The molecule has 0 aromatic heterocycles. The normalized spacial score (nSPS) is 11.7. The first-order valence-electron chi connectivity index (χ1n) is 5.40. The molecule has 0 aliphatic carbocycles. The van der Waals surface area contributed by atoms with Crippen molar-refractivity contribution in [3.63, 3.8) is 0 Å². The van der Waals surface area contributed by atoms with Gasteiger partial charge in [0.2, 0.25) is 5.78 Å². The standard InChI is InChI=1S/C11H13F3N2O3/c1-3-4-5-8(17)10(16-15)7(11(12,13)14)6-9(18)19-2/h6H,3-5H2,1-2H3/b7-6+. The van der Waals surface area contributed by atoms with Crippen molar-refractivity contribution in [3.8, 4) is 0 Å². The number of hydrogen-bond donors (Lipinski definition) is 0. The van der Waals surface area contributed by atoms with Crippen LogP contribution in [0.1, 0.15) is 26.2 Å². The summed E-state index contributed by atoms with van der Waals surface area (Å²) in [5.74, 6) is -2.28. The maximum Gasteiger partial charge on any atom is 0.424 e. The molecule has 0 bridgehead atoms. The van der Waals surface area contributed by atoms with Crippen molar-refractivity contribution in [2.75, 3.05) is 7.11 Å². The third-order valence-corrected chi connectivity index (χ3v) is 2.15. The molecule has 0 saturated heterocycles. The van der Waals surface area contributed by atoms with E-state index >= 15 is 0 Å². The molecule has 0 unspecified atom stereocenters. The van der Waals surface area contributed by atoms with E-state index in [9.17, 15) is 22.8 Å². The van der Waals surface area contributed by atoms with Crippen LogP contribution in [0.2, 0.25) is 0 Å². The minimum absolute atomic E-state index is 0.0822. The SMILES string of the molecule is CCCCC(=O)C(=[N+]=[N-])/C(=C\C(=O)OC)C(F)(F)F. The maximum absolute atomic E-state index is 12.7. The molecule has 0 N–H and O–H groups in total. The van der Waals surface area contributed by atoms with Gasteiger partial charge in [-0.25, -0.2) is 4.79 Å². The van der Waals surface area contributed by atoms with Crippen LogP contribution in [-0.4, -0.2) is 35.5 Å². The minimum atomic E-state index is -5.00. The van der Waals surface area contributed by atoms with Crippen molar-refractivity contribution in [2.24, 2.45) is 0 Å². The maximum atomic E-state index is 12.7. The van der Waals surface area contributed by atoms with E-state index in [2.05, 4.69) is 9.53 Å². The van der Waals surface area contributed by atoms with E-state index in [4.69, 9.17) is 5.53 Å². The highest BCUT2D eigenvalue weighted by atomic mass is 19.4. The average molecular weight is 278 g/mol. The Morgan fingerprint density at radius 2 is 1.95 bits per heavy atom. The molecule has 106 valence electrons. The van der Waals surface area contributed by atoms with Gasteiger partial charge in [0.15, 0.2) is 5.57 Å². The predicted octanol–water partition coefficient (Wildman–Crippen LogP) is 2.08. The highest BCUT2D eigenvalue weighted by Crippen LogP contribution is 2.27. The first-order chi connectivity index (χ1) is 8.77. The number of hydrogen-bond acceptors (Lipinski definition) is 3. The van der Waals surface area contributed by atoms with E-state index < -0.39 is 29.2 Å². The van der Waals surface area contributed by atoms with Gasteiger partial charge in [-0.3, -0.25) is 4.79 Å². The lowest BCUT2D eigenvalue weighted by Gasteiger charge is -2.06. The van der Waals surface area contributed by atoms with Gasteiger partial charge in [0.05, 0.1) is 7.11 Å². The highest BCUT2D eigenvalue weighted by molar-refractivity contribution is 6.44. The van der Waals surface area contributed by atoms with Crippen LogP contribution in [0.5, 0.6) is 0 Å². The Morgan fingerprint density at radius 1 is 1.37 bits per heavy atom. The number of ketones is 1. The second kappa shape index (κ2) is 7.48. The summed E-state index contributed by atoms with van der Waals surface area (Å²) in [5, 5.41) is 0. The van der Waals surface area contributed by atoms with E-state index in [1.165, 1.54) is 0 Å². The van der Waals surface area contributed by atoms with Crippen LogP contribution in [0.15, 0.2) is 11.6 Å². The highest BCUT2D eigenvalue weighted by Gasteiger charge is 2.45. The Bertz CT molecular complexity index is 435. The van der Waals surface area contributed by atoms with Gasteiger partial charge >= 0.3 is 17.9 Å². The van der Waals surface area contributed by atoms with Gasteiger partial charge in [0.25, 0.3) is 0 Å². The van der Waals surface area contributed by atoms with E-state index in [1.54, 1.807) is 6.92 Å². The fraction of sp³-hybridized carbons (Fsp3) is 0.545. The molecule has 19 heavy (non-hydrogen) atoms. The number of halogens is 3. The molecule has 0 atom stereocenters. The Kier molecular flexibility index (Phi) is 6.71. The first kappa shape index (κ1) is 17.1.